The molecule has 0 saturated carbocycles. The lowest BCUT2D eigenvalue weighted by Gasteiger charge is -2.01. The number of nitriles is 1. The molecule has 0 fully saturated rings. The van der Waals surface area contributed by atoms with E-state index in [9.17, 15) is 20.0 Å². The molecule has 0 amide bonds. The third-order valence-corrected chi connectivity index (χ3v) is 2.08. The van der Waals surface area contributed by atoms with Crippen LogP contribution in [-0.4, -0.2) is 21.7 Å². The largest absolute Gasteiger partial charge is 0.502 e. The van der Waals surface area contributed by atoms with Crippen molar-refractivity contribution in [3.8, 4) is 11.8 Å². The molecule has 16 heavy (non-hydrogen) atoms. The maximum absolute atomic E-state index is 11.2. The fourth-order valence-corrected chi connectivity index (χ4v) is 1.29. The molecule has 0 bridgehead atoms. The summed E-state index contributed by atoms with van der Waals surface area (Å²) in [5, 5.41) is 28.5. The van der Waals surface area contributed by atoms with Gasteiger partial charge in [-0.25, -0.2) is 0 Å². The minimum Gasteiger partial charge on any atom is -0.502 e. The van der Waals surface area contributed by atoms with Gasteiger partial charge in [-0.2, -0.15) is 5.26 Å². The van der Waals surface area contributed by atoms with Crippen molar-refractivity contribution in [3.63, 3.8) is 0 Å². The van der Waals surface area contributed by atoms with Gasteiger partial charge in [-0.15, -0.1) is 11.6 Å². The summed E-state index contributed by atoms with van der Waals surface area (Å²) in [6.07, 6.45) is 0. The second kappa shape index (κ2) is 4.59. The summed E-state index contributed by atoms with van der Waals surface area (Å²) in [6, 6.07) is 3.49. The molecule has 0 atom stereocenters. The average molecular weight is 241 g/mol. The third-order valence-electron chi connectivity index (χ3n) is 1.84. The van der Waals surface area contributed by atoms with Crippen LogP contribution in [0.15, 0.2) is 12.1 Å². The van der Waals surface area contributed by atoms with E-state index >= 15 is 0 Å². The Kier molecular flexibility index (Phi) is 3.43. The summed E-state index contributed by atoms with van der Waals surface area (Å²) in [4.78, 5) is 20.8. The van der Waals surface area contributed by atoms with Gasteiger partial charge >= 0.3 is 5.69 Å². The van der Waals surface area contributed by atoms with Crippen LogP contribution in [0, 0.1) is 21.4 Å². The Morgan fingerprint density at radius 1 is 1.62 bits per heavy atom. The van der Waals surface area contributed by atoms with Crippen molar-refractivity contribution in [2.45, 2.75) is 0 Å². The van der Waals surface area contributed by atoms with E-state index in [-0.39, 0.29) is 17.0 Å². The molecule has 0 spiro atoms. The maximum atomic E-state index is 11.2. The number of hydrogen-bond donors (Lipinski definition) is 1. The average Bonchev–Trinajstić information content (AvgIpc) is 2.26. The number of halogens is 1. The van der Waals surface area contributed by atoms with Crippen molar-refractivity contribution in [3.05, 3.63) is 33.4 Å². The van der Waals surface area contributed by atoms with Crippen molar-refractivity contribution in [1.82, 2.24) is 0 Å². The topological polar surface area (TPSA) is 104 Å². The van der Waals surface area contributed by atoms with Gasteiger partial charge in [0, 0.05) is 5.56 Å². The first kappa shape index (κ1) is 11.9. The van der Waals surface area contributed by atoms with Gasteiger partial charge in [-0.3, -0.25) is 14.9 Å². The predicted molar refractivity (Wildman–Crippen MR) is 54.5 cm³/mol. The highest BCUT2D eigenvalue weighted by atomic mass is 35.5. The Labute approximate surface area is 94.8 Å². The van der Waals surface area contributed by atoms with Crippen LogP contribution < -0.4 is 0 Å². The smallest absolute Gasteiger partial charge is 0.328 e. The van der Waals surface area contributed by atoms with Crippen LogP contribution in [0.2, 0.25) is 0 Å². The summed E-state index contributed by atoms with van der Waals surface area (Å²) < 4.78 is 0. The van der Waals surface area contributed by atoms with Crippen LogP contribution in [-0.2, 0) is 0 Å². The molecule has 1 N–H and O–H groups in total. The number of nitrogens with zero attached hydrogens (tertiary/aromatic N) is 2. The molecule has 1 aromatic carbocycles. The Bertz CT molecular complexity index is 507. The highest BCUT2D eigenvalue weighted by molar-refractivity contribution is 6.30. The molecule has 0 aliphatic rings. The maximum Gasteiger partial charge on any atom is 0.328 e. The second-order valence-corrected chi connectivity index (χ2v) is 3.08. The van der Waals surface area contributed by atoms with E-state index in [1.54, 1.807) is 6.07 Å². The molecule has 0 aromatic heterocycles. The lowest BCUT2D eigenvalue weighted by molar-refractivity contribution is -0.386. The predicted octanol–water partition coefficient (Wildman–Crippen LogP) is 1.59. The molecular weight excluding hydrogens is 236 g/mol. The lowest BCUT2D eigenvalue weighted by atomic mass is 10.1. The summed E-state index contributed by atoms with van der Waals surface area (Å²) in [5.41, 5.74) is -1.12. The molecule has 1 rings (SSSR count). The summed E-state index contributed by atoms with van der Waals surface area (Å²) in [5.74, 6) is -1.58. The van der Waals surface area contributed by atoms with E-state index < -0.39 is 22.1 Å². The van der Waals surface area contributed by atoms with E-state index in [0.717, 1.165) is 12.1 Å². The van der Waals surface area contributed by atoms with Crippen LogP contribution in [0.3, 0.4) is 0 Å². The van der Waals surface area contributed by atoms with Gasteiger partial charge < -0.3 is 5.11 Å². The number of ketones is 1. The molecule has 82 valence electrons. The Balaban J connectivity index is 3.45. The zero-order valence-corrected chi connectivity index (χ0v) is 8.56. The van der Waals surface area contributed by atoms with E-state index in [2.05, 4.69) is 0 Å². The number of phenolic OH excluding ortho intramolecular Hbond substituents is 1. The first-order valence-corrected chi connectivity index (χ1v) is 4.55. The Morgan fingerprint density at radius 2 is 2.25 bits per heavy atom. The van der Waals surface area contributed by atoms with E-state index in [0.29, 0.717) is 0 Å². The van der Waals surface area contributed by atoms with Gasteiger partial charge in [0.05, 0.1) is 10.8 Å². The number of phenols is 1. The van der Waals surface area contributed by atoms with Crippen LogP contribution in [0.4, 0.5) is 5.69 Å². The SMILES string of the molecule is N#Cc1cc(C(=O)CCl)cc(O)c1[N+](=O)[O-]. The van der Waals surface area contributed by atoms with Gasteiger partial charge in [-0.1, -0.05) is 0 Å². The van der Waals surface area contributed by atoms with Crippen LogP contribution >= 0.6 is 11.6 Å². The molecule has 1 aromatic rings. The van der Waals surface area contributed by atoms with Crippen molar-refractivity contribution in [2.24, 2.45) is 0 Å². The third kappa shape index (κ3) is 2.10. The molecule has 0 radical (unpaired) electrons. The fraction of sp³-hybridized carbons (Fsp3) is 0.111. The van der Waals surface area contributed by atoms with Gasteiger partial charge in [0.15, 0.2) is 11.5 Å². The van der Waals surface area contributed by atoms with Crippen LogP contribution in [0.25, 0.3) is 0 Å². The molecule has 0 saturated heterocycles. The van der Waals surface area contributed by atoms with Crippen molar-refractivity contribution < 1.29 is 14.8 Å². The number of nitro benzene ring substituents is 1. The van der Waals surface area contributed by atoms with Crippen molar-refractivity contribution in [1.29, 1.82) is 5.26 Å². The minimum atomic E-state index is -0.886. The molecule has 0 aliphatic heterocycles. The fourth-order valence-electron chi connectivity index (χ4n) is 1.13. The number of aromatic hydroxyl groups is 1. The highest BCUT2D eigenvalue weighted by Crippen LogP contribution is 2.31. The molecule has 0 unspecified atom stereocenters. The zero-order chi connectivity index (χ0) is 12.3. The number of benzene rings is 1. The molecule has 0 aliphatic carbocycles. The van der Waals surface area contributed by atoms with Crippen LogP contribution in [0.1, 0.15) is 15.9 Å². The van der Waals surface area contributed by atoms with Gasteiger partial charge in [-0.05, 0) is 12.1 Å². The highest BCUT2D eigenvalue weighted by Gasteiger charge is 2.22. The number of rotatable bonds is 3. The number of Topliss-reactive ketones (excluding diaryl/α,β-unsaturated/α-hetero) is 1. The molecular formula is C9H5ClN2O4. The Hall–Kier alpha value is -2.13. The molecule has 0 heterocycles. The first-order chi connectivity index (χ1) is 7.51. The summed E-state index contributed by atoms with van der Waals surface area (Å²) in [6.45, 7) is 0. The van der Waals surface area contributed by atoms with Crippen LogP contribution in [0.5, 0.6) is 5.75 Å². The van der Waals surface area contributed by atoms with Crippen molar-refractivity contribution >= 4 is 23.1 Å². The number of carbonyl (C=O) groups is 1. The second-order valence-electron chi connectivity index (χ2n) is 2.82. The standard InChI is InChI=1S/C9H5ClN2O4/c10-3-8(14)5-1-6(4-11)9(12(15)16)7(13)2-5/h1-2,13H,3H2. The number of hydrogen-bond acceptors (Lipinski definition) is 5. The number of nitro groups is 1. The normalized spacial score (nSPS) is 9.50. The van der Waals surface area contributed by atoms with Gasteiger partial charge in [0.1, 0.15) is 11.6 Å². The quantitative estimate of drug-likeness (QED) is 0.374. The lowest BCUT2D eigenvalue weighted by Crippen LogP contribution is -2.02. The summed E-state index contributed by atoms with van der Waals surface area (Å²) >= 11 is 5.29. The first-order valence-electron chi connectivity index (χ1n) is 4.02. The van der Waals surface area contributed by atoms with Crippen molar-refractivity contribution in [2.75, 3.05) is 5.88 Å². The van der Waals surface area contributed by atoms with E-state index in [4.69, 9.17) is 16.9 Å². The van der Waals surface area contributed by atoms with E-state index in [1.807, 2.05) is 0 Å². The molecule has 6 nitrogen and oxygen atoms in total. The van der Waals surface area contributed by atoms with Gasteiger partial charge in [0.2, 0.25) is 0 Å². The zero-order valence-electron chi connectivity index (χ0n) is 7.81. The minimum absolute atomic E-state index is 0.0327. The number of carbonyl (C=O) groups excluding carboxylic acids is 1. The monoisotopic (exact) mass is 240 g/mol. The van der Waals surface area contributed by atoms with Gasteiger partial charge in [0.25, 0.3) is 0 Å². The summed E-state index contributed by atoms with van der Waals surface area (Å²) in [7, 11) is 0. The number of alkyl halides is 1. The molecule has 7 heteroatoms. The van der Waals surface area contributed by atoms with E-state index in [1.165, 1.54) is 0 Å². The Morgan fingerprint density at radius 3 is 2.69 bits per heavy atom.